The van der Waals surface area contributed by atoms with Gasteiger partial charge >= 0.3 is 11.9 Å². The van der Waals surface area contributed by atoms with E-state index < -0.39 is 29.0 Å². The molecular weight excluding hydrogens is 456 g/mol. The lowest BCUT2D eigenvalue weighted by atomic mass is 9.84. The van der Waals surface area contributed by atoms with E-state index >= 15 is 0 Å². The fourth-order valence-corrected chi connectivity index (χ4v) is 4.29. The number of phenolic OH excluding ortho intramolecular Hbond substituents is 2. The van der Waals surface area contributed by atoms with Gasteiger partial charge in [-0.3, -0.25) is 9.59 Å². The number of carbonyl (C=O) groups is 2. The highest BCUT2D eigenvalue weighted by molar-refractivity contribution is 5.93. The second-order valence-corrected chi connectivity index (χ2v) is 8.03. The van der Waals surface area contributed by atoms with E-state index in [1.807, 2.05) is 0 Å². The summed E-state index contributed by atoms with van der Waals surface area (Å²) in [5.74, 6) is -2.44. The molecule has 2 heterocycles. The van der Waals surface area contributed by atoms with Gasteiger partial charge in [-0.05, 0) is 35.9 Å². The van der Waals surface area contributed by atoms with Crippen molar-refractivity contribution in [2.75, 3.05) is 7.11 Å². The number of carboxylic acids is 1. The van der Waals surface area contributed by atoms with Gasteiger partial charge in [0.05, 0.1) is 19.1 Å². The van der Waals surface area contributed by atoms with Crippen LogP contribution in [-0.2, 0) is 4.79 Å². The number of carboxylic acid groups (broad SMARTS) is 1. The molecule has 4 aromatic rings. The van der Waals surface area contributed by atoms with Crippen LogP contribution < -0.4 is 14.9 Å². The highest BCUT2D eigenvalue weighted by atomic mass is 16.5. The summed E-state index contributed by atoms with van der Waals surface area (Å²) < 4.78 is 16.5. The number of esters is 1. The zero-order valence-corrected chi connectivity index (χ0v) is 18.3. The van der Waals surface area contributed by atoms with Crippen molar-refractivity contribution in [3.63, 3.8) is 0 Å². The highest BCUT2D eigenvalue weighted by Crippen LogP contribution is 2.46. The van der Waals surface area contributed by atoms with E-state index in [1.165, 1.54) is 43.5 Å². The first-order valence-corrected chi connectivity index (χ1v) is 10.5. The largest absolute Gasteiger partial charge is 0.507 e. The predicted octanol–water partition coefficient (Wildman–Crippen LogP) is 4.02. The smallest absolute Gasteiger partial charge is 0.335 e. The Labute approximate surface area is 197 Å². The van der Waals surface area contributed by atoms with Crippen molar-refractivity contribution in [2.45, 2.75) is 12.3 Å². The van der Waals surface area contributed by atoms with E-state index in [0.717, 1.165) is 0 Å². The molecule has 1 aliphatic heterocycles. The van der Waals surface area contributed by atoms with Gasteiger partial charge in [0, 0.05) is 29.2 Å². The predicted molar refractivity (Wildman–Crippen MR) is 123 cm³/mol. The Balaban J connectivity index is 1.76. The third-order valence-corrected chi connectivity index (χ3v) is 5.95. The molecule has 0 saturated carbocycles. The van der Waals surface area contributed by atoms with E-state index in [2.05, 4.69) is 0 Å². The molecule has 9 heteroatoms. The molecule has 176 valence electrons. The van der Waals surface area contributed by atoms with E-state index in [1.54, 1.807) is 18.2 Å². The van der Waals surface area contributed by atoms with Gasteiger partial charge in [0.2, 0.25) is 0 Å². The summed E-state index contributed by atoms with van der Waals surface area (Å²) in [6.07, 6.45) is -0.0868. The molecule has 1 aliphatic rings. The third-order valence-electron chi connectivity index (χ3n) is 5.95. The summed E-state index contributed by atoms with van der Waals surface area (Å²) in [5.41, 5.74) is 0.934. The molecule has 1 aromatic heterocycles. The molecular formula is C26H18O9. The Bertz CT molecular complexity index is 1570. The number of rotatable bonds is 4. The molecule has 35 heavy (non-hydrogen) atoms. The lowest BCUT2D eigenvalue weighted by molar-refractivity contribution is -0.135. The summed E-state index contributed by atoms with van der Waals surface area (Å²) in [4.78, 5) is 36.6. The van der Waals surface area contributed by atoms with Gasteiger partial charge < -0.3 is 29.2 Å². The number of hydrogen-bond acceptors (Lipinski definition) is 8. The van der Waals surface area contributed by atoms with E-state index in [9.17, 15) is 29.7 Å². The monoisotopic (exact) mass is 474 g/mol. The molecule has 0 fully saturated rings. The van der Waals surface area contributed by atoms with Crippen molar-refractivity contribution in [3.8, 4) is 34.3 Å². The molecule has 1 unspecified atom stereocenters. The van der Waals surface area contributed by atoms with Crippen molar-refractivity contribution in [2.24, 2.45) is 0 Å². The lowest BCUT2D eigenvalue weighted by Gasteiger charge is -2.26. The number of ether oxygens (including phenoxy) is 2. The number of benzene rings is 3. The van der Waals surface area contributed by atoms with Crippen molar-refractivity contribution in [3.05, 3.63) is 81.5 Å². The van der Waals surface area contributed by atoms with Crippen molar-refractivity contribution in [1.29, 1.82) is 0 Å². The van der Waals surface area contributed by atoms with Gasteiger partial charge in [0.25, 0.3) is 0 Å². The average Bonchev–Trinajstić information content (AvgIpc) is 2.83. The zero-order chi connectivity index (χ0) is 24.9. The van der Waals surface area contributed by atoms with E-state index in [0.29, 0.717) is 16.7 Å². The van der Waals surface area contributed by atoms with Crippen LogP contribution in [0.2, 0.25) is 0 Å². The maximum atomic E-state index is 13.0. The molecule has 9 nitrogen and oxygen atoms in total. The summed E-state index contributed by atoms with van der Waals surface area (Å²) in [5, 5.41) is 29.8. The molecule has 0 radical (unpaired) electrons. The van der Waals surface area contributed by atoms with Gasteiger partial charge in [0.1, 0.15) is 28.2 Å². The maximum Gasteiger partial charge on any atom is 0.335 e. The number of fused-ring (bicyclic) bond motifs is 3. The van der Waals surface area contributed by atoms with Crippen LogP contribution in [0.25, 0.3) is 22.3 Å². The average molecular weight is 474 g/mol. The van der Waals surface area contributed by atoms with Crippen molar-refractivity contribution >= 4 is 22.9 Å². The zero-order valence-electron chi connectivity index (χ0n) is 18.3. The van der Waals surface area contributed by atoms with E-state index in [4.69, 9.17) is 13.9 Å². The first-order valence-electron chi connectivity index (χ1n) is 10.5. The number of methoxy groups -OCH3 is 1. The normalized spacial score (nSPS) is 14.9. The first-order chi connectivity index (χ1) is 16.8. The van der Waals surface area contributed by atoms with Gasteiger partial charge in [-0.15, -0.1) is 0 Å². The third kappa shape index (κ3) is 3.72. The van der Waals surface area contributed by atoms with Crippen LogP contribution in [0.3, 0.4) is 0 Å². The standard InChI is InChI=1S/C26H18O9/c1-33-19-7-6-14(8-16(19)27)20-10-17(28)24-18(29)11-21-23(25(24)35-20)15(9-22(30)34-21)12-2-4-13(5-3-12)26(31)32/h2-8,10-11,15,27,29H,9H2,1H3,(H,31,32). The van der Waals surface area contributed by atoms with Crippen LogP contribution in [-0.4, -0.2) is 34.4 Å². The molecule has 0 amide bonds. The van der Waals surface area contributed by atoms with Crippen LogP contribution in [0.5, 0.6) is 23.0 Å². The van der Waals surface area contributed by atoms with Gasteiger partial charge in [-0.1, -0.05) is 12.1 Å². The number of aromatic hydroxyl groups is 2. The van der Waals surface area contributed by atoms with Crippen molar-refractivity contribution < 1.29 is 38.8 Å². The summed E-state index contributed by atoms with van der Waals surface area (Å²) >= 11 is 0. The SMILES string of the molecule is COc1ccc(-c2cc(=O)c3c(O)cc4c(c3o2)C(c2ccc(C(=O)O)cc2)CC(=O)O4)cc1O. The second kappa shape index (κ2) is 8.21. The number of phenols is 2. The molecule has 3 N–H and O–H groups in total. The number of hydrogen-bond donors (Lipinski definition) is 3. The van der Waals surface area contributed by atoms with Gasteiger partial charge in [0.15, 0.2) is 16.9 Å². The molecule has 5 rings (SSSR count). The fraction of sp³-hybridized carbons (Fsp3) is 0.115. The van der Waals surface area contributed by atoms with Crippen LogP contribution in [0.4, 0.5) is 0 Å². The number of aromatic carboxylic acids is 1. The van der Waals surface area contributed by atoms with E-state index in [-0.39, 0.29) is 46.0 Å². The molecule has 0 spiro atoms. The molecule has 0 aliphatic carbocycles. The Morgan fingerprint density at radius 2 is 1.74 bits per heavy atom. The van der Waals surface area contributed by atoms with Crippen LogP contribution >= 0.6 is 0 Å². The minimum absolute atomic E-state index is 0.0256. The second-order valence-electron chi connectivity index (χ2n) is 8.03. The summed E-state index contributed by atoms with van der Waals surface area (Å²) in [7, 11) is 1.41. The first kappa shape index (κ1) is 22.0. The fourth-order valence-electron chi connectivity index (χ4n) is 4.29. The molecule has 0 saturated heterocycles. The topological polar surface area (TPSA) is 144 Å². The highest BCUT2D eigenvalue weighted by Gasteiger charge is 2.33. The Kier molecular flexibility index (Phi) is 5.17. The number of carbonyl (C=O) groups excluding carboxylic acids is 1. The Hall–Kier alpha value is -4.79. The van der Waals surface area contributed by atoms with Crippen LogP contribution in [0.15, 0.2) is 63.8 Å². The summed E-state index contributed by atoms with van der Waals surface area (Å²) in [6.45, 7) is 0. The van der Waals surface area contributed by atoms with Crippen LogP contribution in [0.1, 0.15) is 33.8 Å². The molecule has 0 bridgehead atoms. The van der Waals surface area contributed by atoms with Crippen molar-refractivity contribution in [1.82, 2.24) is 0 Å². The summed E-state index contributed by atoms with van der Waals surface area (Å²) in [6, 6.07) is 12.9. The molecule has 3 aromatic carbocycles. The maximum absolute atomic E-state index is 13.0. The Morgan fingerprint density at radius 3 is 2.40 bits per heavy atom. The quantitative estimate of drug-likeness (QED) is 0.295. The van der Waals surface area contributed by atoms with Gasteiger partial charge in [-0.25, -0.2) is 4.79 Å². The lowest BCUT2D eigenvalue weighted by Crippen LogP contribution is -2.22. The van der Waals surface area contributed by atoms with Crippen LogP contribution in [0, 0.1) is 0 Å². The Morgan fingerprint density at radius 1 is 1.00 bits per heavy atom. The minimum atomic E-state index is -1.09. The van der Waals surface area contributed by atoms with Gasteiger partial charge in [-0.2, -0.15) is 0 Å². The minimum Gasteiger partial charge on any atom is -0.507 e. The molecule has 1 atom stereocenters.